The molecule has 0 radical (unpaired) electrons. The molecule has 1 saturated heterocycles. The molecule has 1 spiro atoms. The van der Waals surface area contributed by atoms with E-state index in [1.165, 1.54) is 32.1 Å². The van der Waals surface area contributed by atoms with Gasteiger partial charge in [0.05, 0.1) is 5.60 Å². The molecule has 2 rings (SSSR count). The van der Waals surface area contributed by atoms with E-state index in [0.29, 0.717) is 12.0 Å². The second-order valence-corrected chi connectivity index (χ2v) is 6.36. The fourth-order valence-electron chi connectivity index (χ4n) is 3.63. The van der Waals surface area contributed by atoms with Crippen molar-refractivity contribution in [3.05, 3.63) is 0 Å². The lowest BCUT2D eigenvalue weighted by molar-refractivity contribution is -0.0984. The van der Waals surface area contributed by atoms with E-state index in [9.17, 15) is 0 Å². The summed E-state index contributed by atoms with van der Waals surface area (Å²) in [5, 5.41) is 0. The minimum absolute atomic E-state index is 0.204. The first-order valence-electron chi connectivity index (χ1n) is 7.40. The third kappa shape index (κ3) is 3.44. The van der Waals surface area contributed by atoms with Crippen LogP contribution >= 0.6 is 0 Å². The Morgan fingerprint density at radius 3 is 2.72 bits per heavy atom. The van der Waals surface area contributed by atoms with E-state index in [4.69, 9.17) is 10.6 Å². The molecule has 0 bridgehead atoms. The van der Waals surface area contributed by atoms with Gasteiger partial charge in [0, 0.05) is 12.6 Å². The average Bonchev–Trinajstić information content (AvgIpc) is 2.78. The lowest BCUT2D eigenvalue weighted by atomic mass is 9.80. The number of hydrogen-bond donors (Lipinski definition) is 2. The van der Waals surface area contributed by atoms with Crippen molar-refractivity contribution >= 4 is 0 Å². The number of nitrogens with two attached hydrogens (primary N) is 1. The molecule has 0 aromatic heterocycles. The predicted octanol–water partition coefficient (Wildman–Crippen LogP) is 1.51. The highest BCUT2D eigenvalue weighted by molar-refractivity contribution is 4.94. The fourth-order valence-corrected chi connectivity index (χ4v) is 3.63. The number of hydrogen-bond acceptors (Lipinski definition) is 4. The Labute approximate surface area is 111 Å². The quantitative estimate of drug-likeness (QED) is 0.577. The van der Waals surface area contributed by atoms with Crippen molar-refractivity contribution in [1.82, 2.24) is 10.3 Å². The lowest BCUT2D eigenvalue weighted by Gasteiger charge is -2.41. The zero-order valence-electron chi connectivity index (χ0n) is 12.0. The second-order valence-electron chi connectivity index (χ2n) is 6.36. The second kappa shape index (κ2) is 6.33. The summed E-state index contributed by atoms with van der Waals surface area (Å²) < 4.78 is 6.10. The summed E-state index contributed by atoms with van der Waals surface area (Å²) in [6, 6.07) is 0.439. The minimum atomic E-state index is 0.204. The molecule has 2 atom stereocenters. The average molecular weight is 255 g/mol. The van der Waals surface area contributed by atoms with Crippen LogP contribution in [0, 0.1) is 5.92 Å². The van der Waals surface area contributed by atoms with Gasteiger partial charge in [0.25, 0.3) is 0 Å². The van der Waals surface area contributed by atoms with E-state index in [0.717, 1.165) is 26.0 Å². The van der Waals surface area contributed by atoms with Crippen molar-refractivity contribution in [3.63, 3.8) is 0 Å². The van der Waals surface area contributed by atoms with Crippen LogP contribution in [0.25, 0.3) is 0 Å². The molecule has 2 unspecified atom stereocenters. The Kier molecular flexibility index (Phi) is 5.01. The Bertz CT molecular complexity index is 251. The normalized spacial score (nSPS) is 29.0. The van der Waals surface area contributed by atoms with Crippen molar-refractivity contribution in [2.45, 2.75) is 56.6 Å². The first-order chi connectivity index (χ1) is 8.65. The van der Waals surface area contributed by atoms with Crippen LogP contribution < -0.4 is 11.3 Å². The molecule has 2 aliphatic rings. The van der Waals surface area contributed by atoms with Gasteiger partial charge in [0.15, 0.2) is 0 Å². The topological polar surface area (TPSA) is 50.5 Å². The zero-order valence-corrected chi connectivity index (χ0v) is 12.0. The molecule has 1 heterocycles. The number of nitrogens with one attached hydrogen (secondary N) is 1. The van der Waals surface area contributed by atoms with Gasteiger partial charge in [-0.2, -0.15) is 0 Å². The van der Waals surface area contributed by atoms with Crippen LogP contribution in [-0.2, 0) is 4.74 Å². The largest absolute Gasteiger partial charge is 0.375 e. The summed E-state index contributed by atoms with van der Waals surface area (Å²) in [6.45, 7) is 2.02. The molecule has 1 saturated carbocycles. The molecule has 1 aliphatic carbocycles. The number of hydrazine groups is 1. The molecule has 106 valence electrons. The van der Waals surface area contributed by atoms with Crippen molar-refractivity contribution in [2.24, 2.45) is 11.8 Å². The molecule has 0 aromatic carbocycles. The molecule has 18 heavy (non-hydrogen) atoms. The maximum atomic E-state index is 6.10. The Morgan fingerprint density at radius 1 is 1.39 bits per heavy atom. The summed E-state index contributed by atoms with van der Waals surface area (Å²) in [4.78, 5) is 2.23. The van der Waals surface area contributed by atoms with Crippen LogP contribution in [0.1, 0.15) is 44.9 Å². The summed E-state index contributed by atoms with van der Waals surface area (Å²) in [7, 11) is 4.24. The van der Waals surface area contributed by atoms with Gasteiger partial charge in [-0.05, 0) is 58.7 Å². The SMILES string of the molecule is CN(C)CCC(NN)C1CCOC2(CCCC2)C1. The summed E-state index contributed by atoms with van der Waals surface area (Å²) in [5.74, 6) is 6.45. The van der Waals surface area contributed by atoms with Gasteiger partial charge in [-0.15, -0.1) is 0 Å². The molecule has 0 amide bonds. The van der Waals surface area contributed by atoms with Crippen LogP contribution in [0.5, 0.6) is 0 Å². The van der Waals surface area contributed by atoms with Crippen LogP contribution in [0.15, 0.2) is 0 Å². The number of rotatable bonds is 5. The predicted molar refractivity (Wildman–Crippen MR) is 74.2 cm³/mol. The van der Waals surface area contributed by atoms with Crippen LogP contribution in [0.3, 0.4) is 0 Å². The van der Waals surface area contributed by atoms with E-state index < -0.39 is 0 Å². The maximum absolute atomic E-state index is 6.10. The third-order valence-electron chi connectivity index (χ3n) is 4.72. The monoisotopic (exact) mass is 255 g/mol. The molecule has 1 aliphatic heterocycles. The summed E-state index contributed by atoms with van der Waals surface area (Å²) in [5.41, 5.74) is 3.26. The molecule has 3 N–H and O–H groups in total. The van der Waals surface area contributed by atoms with Crippen LogP contribution in [0.2, 0.25) is 0 Å². The summed E-state index contributed by atoms with van der Waals surface area (Å²) >= 11 is 0. The molecular formula is C14H29N3O. The van der Waals surface area contributed by atoms with Gasteiger partial charge in [0.1, 0.15) is 0 Å². The van der Waals surface area contributed by atoms with Crippen LogP contribution in [-0.4, -0.2) is 43.8 Å². The molecule has 4 nitrogen and oxygen atoms in total. The van der Waals surface area contributed by atoms with Gasteiger partial charge >= 0.3 is 0 Å². The highest BCUT2D eigenvalue weighted by Gasteiger charge is 2.41. The van der Waals surface area contributed by atoms with E-state index in [2.05, 4.69) is 24.4 Å². The van der Waals surface area contributed by atoms with E-state index in [1.807, 2.05) is 0 Å². The highest BCUT2D eigenvalue weighted by atomic mass is 16.5. The minimum Gasteiger partial charge on any atom is -0.375 e. The van der Waals surface area contributed by atoms with Gasteiger partial charge < -0.3 is 9.64 Å². The van der Waals surface area contributed by atoms with Crippen molar-refractivity contribution in [2.75, 3.05) is 27.2 Å². The number of nitrogens with zero attached hydrogens (tertiary/aromatic N) is 1. The molecular weight excluding hydrogens is 226 g/mol. The maximum Gasteiger partial charge on any atom is 0.0685 e. The lowest BCUT2D eigenvalue weighted by Crippen LogP contribution is -2.48. The molecule has 2 fully saturated rings. The van der Waals surface area contributed by atoms with Gasteiger partial charge in [0.2, 0.25) is 0 Å². The zero-order chi connectivity index (χ0) is 13.0. The van der Waals surface area contributed by atoms with Crippen molar-refractivity contribution < 1.29 is 4.74 Å². The standard InChI is InChI=1S/C14H29N3O/c1-17(2)9-5-13(16-15)12-6-10-18-14(11-12)7-3-4-8-14/h12-13,16H,3-11,15H2,1-2H3. The van der Waals surface area contributed by atoms with Crippen molar-refractivity contribution in [1.29, 1.82) is 0 Å². The van der Waals surface area contributed by atoms with E-state index in [-0.39, 0.29) is 5.60 Å². The van der Waals surface area contributed by atoms with Gasteiger partial charge in [-0.25, -0.2) is 0 Å². The first kappa shape index (κ1) is 14.3. The fraction of sp³-hybridized carbons (Fsp3) is 1.00. The van der Waals surface area contributed by atoms with Gasteiger partial charge in [-0.3, -0.25) is 11.3 Å². The third-order valence-corrected chi connectivity index (χ3v) is 4.72. The molecule has 0 aromatic rings. The Balaban J connectivity index is 1.89. The van der Waals surface area contributed by atoms with Crippen LogP contribution in [0.4, 0.5) is 0 Å². The van der Waals surface area contributed by atoms with E-state index >= 15 is 0 Å². The smallest absolute Gasteiger partial charge is 0.0685 e. The highest BCUT2D eigenvalue weighted by Crippen LogP contribution is 2.43. The first-order valence-corrected chi connectivity index (χ1v) is 7.40. The Hall–Kier alpha value is -0.160. The Morgan fingerprint density at radius 2 is 2.11 bits per heavy atom. The molecule has 4 heteroatoms. The number of ether oxygens (including phenoxy) is 1. The van der Waals surface area contributed by atoms with E-state index in [1.54, 1.807) is 0 Å². The summed E-state index contributed by atoms with van der Waals surface area (Å²) in [6.07, 6.45) is 8.68. The van der Waals surface area contributed by atoms with Gasteiger partial charge in [-0.1, -0.05) is 12.8 Å². The van der Waals surface area contributed by atoms with Crippen molar-refractivity contribution in [3.8, 4) is 0 Å².